The fourth-order valence-corrected chi connectivity index (χ4v) is 5.94. The summed E-state index contributed by atoms with van der Waals surface area (Å²) in [5.41, 5.74) is 3.81. The van der Waals surface area contributed by atoms with Gasteiger partial charge >= 0.3 is 0 Å². The minimum absolute atomic E-state index is 0.227. The third-order valence-corrected chi connectivity index (χ3v) is 8.29. The van der Waals surface area contributed by atoms with Crippen molar-refractivity contribution in [2.24, 2.45) is 0 Å². The first-order chi connectivity index (χ1) is 13.9. The number of carbonyl (C=O) groups is 1. The number of hydrazine groups is 1. The summed E-state index contributed by atoms with van der Waals surface area (Å²) in [6, 6.07) is 9.98. The second-order valence-corrected chi connectivity index (χ2v) is 10.5. The normalized spacial score (nSPS) is 16.1. The zero-order valence-corrected chi connectivity index (χ0v) is 18.6. The molecule has 1 saturated heterocycles. The molecule has 1 aliphatic heterocycles. The van der Waals surface area contributed by atoms with Gasteiger partial charge in [0.1, 0.15) is 4.21 Å². The number of piperazine rings is 1. The van der Waals surface area contributed by atoms with Crippen molar-refractivity contribution >= 4 is 38.9 Å². The summed E-state index contributed by atoms with van der Waals surface area (Å²) in [7, 11) is -3.51. The van der Waals surface area contributed by atoms with Crippen LogP contribution >= 0.6 is 22.9 Å². The molecule has 3 rings (SSSR count). The Morgan fingerprint density at radius 1 is 1.10 bits per heavy atom. The molecule has 1 aromatic carbocycles. The van der Waals surface area contributed by atoms with Crippen LogP contribution in [0, 0.1) is 0 Å². The quantitative estimate of drug-likeness (QED) is 0.638. The van der Waals surface area contributed by atoms with Crippen molar-refractivity contribution < 1.29 is 13.2 Å². The van der Waals surface area contributed by atoms with Gasteiger partial charge in [-0.3, -0.25) is 10.2 Å². The molecule has 0 saturated carbocycles. The van der Waals surface area contributed by atoms with E-state index in [4.69, 9.17) is 11.6 Å². The van der Waals surface area contributed by atoms with Crippen LogP contribution in [-0.2, 0) is 16.6 Å². The average molecular weight is 457 g/mol. The molecule has 1 aliphatic rings. The van der Waals surface area contributed by atoms with Crippen LogP contribution in [0.3, 0.4) is 0 Å². The van der Waals surface area contributed by atoms with Gasteiger partial charge in [-0.1, -0.05) is 18.5 Å². The Labute approximate surface area is 180 Å². The summed E-state index contributed by atoms with van der Waals surface area (Å²) in [4.78, 5) is 13.0. The maximum atomic E-state index is 12.9. The lowest BCUT2D eigenvalue weighted by atomic mass is 10.2. The zero-order chi connectivity index (χ0) is 20.9. The van der Waals surface area contributed by atoms with Gasteiger partial charge in [-0.05, 0) is 42.8 Å². The van der Waals surface area contributed by atoms with Gasteiger partial charge in [0, 0.05) is 48.2 Å². The van der Waals surface area contributed by atoms with Crippen molar-refractivity contribution in [3.63, 3.8) is 0 Å². The molecule has 1 amide bonds. The standard InChI is InChI=1S/C19H25ClN4O3S2/c1-2-9-22-23-10-12-24(13-11-23)29(26,27)18-8-7-17(28-18)14-21-19(25)15-3-5-16(20)6-4-15/h3-8,22H,2,9-14H2,1H3,(H,21,25). The topological polar surface area (TPSA) is 81.8 Å². The predicted molar refractivity (Wildman–Crippen MR) is 116 cm³/mol. The minimum atomic E-state index is -3.51. The number of benzene rings is 1. The molecule has 1 aromatic heterocycles. The van der Waals surface area contributed by atoms with Gasteiger partial charge in [-0.15, -0.1) is 11.3 Å². The minimum Gasteiger partial charge on any atom is -0.347 e. The van der Waals surface area contributed by atoms with E-state index >= 15 is 0 Å². The SMILES string of the molecule is CCCNN1CCN(S(=O)(=O)c2ccc(CNC(=O)c3ccc(Cl)cc3)s2)CC1. The smallest absolute Gasteiger partial charge is 0.252 e. The summed E-state index contributed by atoms with van der Waals surface area (Å²) in [6.07, 6.45) is 1.03. The molecule has 0 aliphatic carbocycles. The number of amides is 1. The van der Waals surface area contributed by atoms with E-state index in [1.54, 1.807) is 36.4 Å². The highest BCUT2D eigenvalue weighted by Gasteiger charge is 2.29. The van der Waals surface area contributed by atoms with Crippen LogP contribution in [0.15, 0.2) is 40.6 Å². The van der Waals surface area contributed by atoms with Crippen LogP contribution in [0.25, 0.3) is 0 Å². The Bertz CT molecular complexity index is 923. The molecule has 2 N–H and O–H groups in total. The van der Waals surface area contributed by atoms with E-state index in [-0.39, 0.29) is 12.5 Å². The Balaban J connectivity index is 1.56. The van der Waals surface area contributed by atoms with E-state index in [0.717, 1.165) is 17.8 Å². The van der Waals surface area contributed by atoms with Crippen molar-refractivity contribution in [2.45, 2.75) is 24.1 Å². The lowest BCUT2D eigenvalue weighted by molar-refractivity contribution is 0.0951. The van der Waals surface area contributed by atoms with Crippen LogP contribution in [0.5, 0.6) is 0 Å². The van der Waals surface area contributed by atoms with Gasteiger partial charge in [-0.2, -0.15) is 4.31 Å². The van der Waals surface area contributed by atoms with Gasteiger partial charge < -0.3 is 5.32 Å². The van der Waals surface area contributed by atoms with Crippen LogP contribution in [0.1, 0.15) is 28.6 Å². The highest BCUT2D eigenvalue weighted by molar-refractivity contribution is 7.91. The summed E-state index contributed by atoms with van der Waals surface area (Å²) in [6.45, 7) is 5.50. The highest BCUT2D eigenvalue weighted by atomic mass is 35.5. The van der Waals surface area contributed by atoms with Crippen molar-refractivity contribution in [3.8, 4) is 0 Å². The monoisotopic (exact) mass is 456 g/mol. The number of nitrogens with one attached hydrogen (secondary N) is 2. The highest BCUT2D eigenvalue weighted by Crippen LogP contribution is 2.25. The van der Waals surface area contributed by atoms with Crippen molar-refractivity contribution in [1.29, 1.82) is 0 Å². The second-order valence-electron chi connectivity index (χ2n) is 6.71. The summed E-state index contributed by atoms with van der Waals surface area (Å²) in [5, 5.41) is 5.45. The number of halogens is 1. The second kappa shape index (κ2) is 10.0. The third kappa shape index (κ3) is 5.78. The Morgan fingerprint density at radius 3 is 2.45 bits per heavy atom. The van der Waals surface area contributed by atoms with Gasteiger partial charge in [0.15, 0.2) is 0 Å². The molecule has 0 unspecified atom stereocenters. The maximum Gasteiger partial charge on any atom is 0.252 e. The Hall–Kier alpha value is -1.49. The fraction of sp³-hybridized carbons (Fsp3) is 0.421. The molecule has 0 bridgehead atoms. The molecular weight excluding hydrogens is 432 g/mol. The molecule has 1 fully saturated rings. The molecule has 2 aromatic rings. The molecule has 29 heavy (non-hydrogen) atoms. The van der Waals surface area contributed by atoms with E-state index in [2.05, 4.69) is 22.7 Å². The number of nitrogens with zero attached hydrogens (tertiary/aromatic N) is 2. The molecule has 7 nitrogen and oxygen atoms in total. The van der Waals surface area contributed by atoms with Gasteiger partial charge in [-0.25, -0.2) is 13.4 Å². The molecule has 0 atom stereocenters. The average Bonchev–Trinajstić information content (AvgIpc) is 3.21. The van der Waals surface area contributed by atoms with Gasteiger partial charge in [0.05, 0.1) is 6.54 Å². The predicted octanol–water partition coefficient (Wildman–Crippen LogP) is 2.55. The van der Waals surface area contributed by atoms with Crippen LogP contribution in [0.2, 0.25) is 5.02 Å². The molecule has 158 valence electrons. The van der Waals surface area contributed by atoms with Crippen molar-refractivity contribution in [2.75, 3.05) is 32.7 Å². The number of hydrogen-bond donors (Lipinski definition) is 2. The third-order valence-electron chi connectivity index (χ3n) is 4.58. The van der Waals surface area contributed by atoms with E-state index in [1.165, 1.54) is 15.6 Å². The van der Waals surface area contributed by atoms with Crippen LogP contribution in [0.4, 0.5) is 0 Å². The maximum absolute atomic E-state index is 12.9. The lowest BCUT2D eigenvalue weighted by Gasteiger charge is -2.33. The van der Waals surface area contributed by atoms with E-state index < -0.39 is 10.0 Å². The van der Waals surface area contributed by atoms with Gasteiger partial charge in [0.2, 0.25) is 0 Å². The van der Waals surface area contributed by atoms with E-state index in [0.29, 0.717) is 41.0 Å². The summed E-state index contributed by atoms with van der Waals surface area (Å²) >= 11 is 7.03. The number of sulfonamides is 1. The van der Waals surface area contributed by atoms with Crippen molar-refractivity contribution in [3.05, 3.63) is 51.9 Å². The van der Waals surface area contributed by atoms with Crippen molar-refractivity contribution in [1.82, 2.24) is 20.1 Å². The van der Waals surface area contributed by atoms with Gasteiger partial charge in [0.25, 0.3) is 15.9 Å². The number of thiophene rings is 1. The summed E-state index contributed by atoms with van der Waals surface area (Å²) in [5.74, 6) is -0.227. The number of rotatable bonds is 8. The first-order valence-electron chi connectivity index (χ1n) is 9.51. The fourth-order valence-electron chi connectivity index (χ4n) is 2.95. The molecule has 0 radical (unpaired) electrons. The molecular formula is C19H25ClN4O3S2. The molecule has 10 heteroatoms. The first-order valence-corrected chi connectivity index (χ1v) is 12.1. The zero-order valence-electron chi connectivity index (χ0n) is 16.2. The molecule has 0 spiro atoms. The lowest BCUT2D eigenvalue weighted by Crippen LogP contribution is -2.53. The number of hydrogen-bond acceptors (Lipinski definition) is 6. The van der Waals surface area contributed by atoms with Crippen LogP contribution in [-0.4, -0.2) is 56.4 Å². The largest absolute Gasteiger partial charge is 0.347 e. The first kappa shape index (κ1) is 22.2. The van der Waals surface area contributed by atoms with Crippen LogP contribution < -0.4 is 10.7 Å². The summed E-state index contributed by atoms with van der Waals surface area (Å²) < 4.78 is 27.7. The Kier molecular flexibility index (Phi) is 7.66. The molecule has 2 heterocycles. The number of carbonyl (C=O) groups excluding carboxylic acids is 1. The Morgan fingerprint density at radius 2 is 1.79 bits per heavy atom. The van der Waals surface area contributed by atoms with E-state index in [9.17, 15) is 13.2 Å². The van der Waals surface area contributed by atoms with E-state index in [1.807, 2.05) is 0 Å².